The molecule has 2 atom stereocenters. The van der Waals surface area contributed by atoms with E-state index in [1.807, 2.05) is 0 Å². The highest BCUT2D eigenvalue weighted by Gasteiger charge is 2.26. The molecule has 0 spiro atoms. The lowest BCUT2D eigenvalue weighted by Crippen LogP contribution is -2.50. The third-order valence-corrected chi connectivity index (χ3v) is 2.91. The number of likely N-dealkylation sites (N-methyl/N-ethyl adjacent to an activating group) is 1. The van der Waals surface area contributed by atoms with Gasteiger partial charge in [-0.25, -0.2) is 4.79 Å². The first kappa shape index (κ1) is 16.9. The maximum absolute atomic E-state index is 11.7. The van der Waals surface area contributed by atoms with Crippen molar-refractivity contribution < 1.29 is 23.6 Å². The second-order valence-electron chi connectivity index (χ2n) is 4.99. The Bertz CT molecular complexity index is 337. The van der Waals surface area contributed by atoms with Crippen LogP contribution in [0, 0.1) is 0 Å². The predicted molar refractivity (Wildman–Crippen MR) is 66.3 cm³/mol. The number of rotatable bonds is 5. The lowest BCUT2D eigenvalue weighted by Gasteiger charge is -2.31. The van der Waals surface area contributed by atoms with E-state index >= 15 is 0 Å². The van der Waals surface area contributed by atoms with Crippen LogP contribution in [0.15, 0.2) is 0 Å². The summed E-state index contributed by atoms with van der Waals surface area (Å²) in [4.78, 5) is 23.6. The summed E-state index contributed by atoms with van der Waals surface area (Å²) in [7, 11) is 0.205. The summed E-state index contributed by atoms with van der Waals surface area (Å²) < 4.78 is 16.0. The lowest BCUT2D eigenvalue weighted by molar-refractivity contribution is -0.311. The van der Waals surface area contributed by atoms with Gasteiger partial charge in [0.05, 0.1) is 12.0 Å². The molecule has 0 saturated carbocycles. The fraction of sp³-hybridized carbons (Fsp3) is 0.818. The summed E-state index contributed by atoms with van der Waals surface area (Å²) in [5.41, 5.74) is -0.699. The molecule has 0 aliphatic rings. The average Bonchev–Trinajstić information content (AvgIpc) is 2.13. The highest BCUT2D eigenvalue weighted by molar-refractivity contribution is 7.84. The first-order valence-corrected chi connectivity index (χ1v) is 7.24. The zero-order valence-electron chi connectivity index (χ0n) is 11.4. The van der Waals surface area contributed by atoms with Crippen LogP contribution < -0.4 is 5.11 Å². The second-order valence-corrected chi connectivity index (χ2v) is 6.55. The summed E-state index contributed by atoms with van der Waals surface area (Å²) in [6.07, 6.45) is 0.805. The minimum Gasteiger partial charge on any atom is -0.548 e. The van der Waals surface area contributed by atoms with Crippen molar-refractivity contribution in [1.29, 1.82) is 0 Å². The molecule has 0 aliphatic heterocycles. The van der Waals surface area contributed by atoms with Crippen molar-refractivity contribution in [3.8, 4) is 0 Å². The normalized spacial score (nSPS) is 14.7. The van der Waals surface area contributed by atoms with Gasteiger partial charge >= 0.3 is 6.09 Å². The fourth-order valence-corrected chi connectivity index (χ4v) is 1.76. The predicted octanol–water partition coefficient (Wildman–Crippen LogP) is -0.260. The first-order valence-electron chi connectivity index (χ1n) is 5.51. The van der Waals surface area contributed by atoms with Crippen molar-refractivity contribution in [2.75, 3.05) is 19.1 Å². The maximum Gasteiger partial charge on any atom is 0.410 e. The van der Waals surface area contributed by atoms with E-state index in [9.17, 15) is 18.9 Å². The molecule has 6 nitrogen and oxygen atoms in total. The Morgan fingerprint density at radius 3 is 2.22 bits per heavy atom. The summed E-state index contributed by atoms with van der Waals surface area (Å²) in [6, 6.07) is -1.14. The van der Waals surface area contributed by atoms with Crippen LogP contribution in [0.3, 0.4) is 0 Å². The molecule has 0 N–H and O–H groups in total. The Labute approximate surface area is 110 Å². The molecule has 0 radical (unpaired) electrons. The highest BCUT2D eigenvalue weighted by atomic mass is 32.2. The van der Waals surface area contributed by atoms with Crippen molar-refractivity contribution in [2.24, 2.45) is 0 Å². The monoisotopic (exact) mass is 278 g/mol. The SMILES string of the molecule is CN(C(=O)OC(C)(C)C)[C@H](CC[S@](C)=O)C(=O)[O-]. The first-order chi connectivity index (χ1) is 8.04. The van der Waals surface area contributed by atoms with Crippen LogP contribution in [0.5, 0.6) is 0 Å². The zero-order valence-corrected chi connectivity index (χ0v) is 12.2. The van der Waals surface area contributed by atoms with Crippen LogP contribution in [0.4, 0.5) is 4.79 Å². The van der Waals surface area contributed by atoms with Crippen LogP contribution in [0.25, 0.3) is 0 Å². The molecule has 18 heavy (non-hydrogen) atoms. The molecule has 0 saturated heterocycles. The van der Waals surface area contributed by atoms with Crippen molar-refractivity contribution >= 4 is 22.9 Å². The summed E-state index contributed by atoms with van der Waals surface area (Å²) in [5, 5.41) is 11.0. The van der Waals surface area contributed by atoms with Gasteiger partial charge in [-0.05, 0) is 27.2 Å². The van der Waals surface area contributed by atoms with Gasteiger partial charge in [0.15, 0.2) is 0 Å². The van der Waals surface area contributed by atoms with Gasteiger partial charge in [-0.3, -0.25) is 4.21 Å². The Morgan fingerprint density at radius 2 is 1.89 bits per heavy atom. The van der Waals surface area contributed by atoms with Crippen molar-refractivity contribution in [3.05, 3.63) is 0 Å². The molecule has 0 aromatic carbocycles. The number of carboxylic acid groups (broad SMARTS) is 1. The number of nitrogens with zero attached hydrogens (tertiary/aromatic N) is 1. The van der Waals surface area contributed by atoms with E-state index in [2.05, 4.69) is 0 Å². The molecule has 1 amide bonds. The number of aliphatic carboxylic acids is 1. The molecule has 0 rings (SSSR count). The van der Waals surface area contributed by atoms with Gasteiger partial charge in [-0.2, -0.15) is 0 Å². The highest BCUT2D eigenvalue weighted by Crippen LogP contribution is 2.12. The van der Waals surface area contributed by atoms with Crippen LogP contribution in [-0.2, 0) is 20.3 Å². The molecule has 0 fully saturated rings. The number of ether oxygens (including phenoxy) is 1. The Balaban J connectivity index is 4.65. The standard InChI is InChI=1S/C11H21NO5S/c1-11(2,3)17-10(15)12(4)8(9(13)14)6-7-18(5)16/h8H,6-7H2,1-5H3,(H,13,14)/p-1/t8-,18+/m1/s1. The largest absolute Gasteiger partial charge is 0.548 e. The van der Waals surface area contributed by atoms with E-state index in [1.54, 1.807) is 20.8 Å². The minimum atomic E-state index is -1.38. The van der Waals surface area contributed by atoms with Gasteiger partial charge in [-0.15, -0.1) is 0 Å². The zero-order chi connectivity index (χ0) is 14.5. The van der Waals surface area contributed by atoms with E-state index < -0.39 is 34.5 Å². The smallest absolute Gasteiger partial charge is 0.410 e. The topological polar surface area (TPSA) is 86.7 Å². The van der Waals surface area contributed by atoms with Crippen molar-refractivity contribution in [3.63, 3.8) is 0 Å². The number of carbonyl (C=O) groups is 2. The molecule has 0 aliphatic carbocycles. The Hall–Kier alpha value is -1.11. The number of hydrogen-bond donors (Lipinski definition) is 0. The molecule has 0 unspecified atom stereocenters. The molecule has 0 aromatic heterocycles. The van der Waals surface area contributed by atoms with Gasteiger partial charge in [-0.1, -0.05) is 0 Å². The van der Waals surface area contributed by atoms with Crippen molar-refractivity contribution in [2.45, 2.75) is 38.8 Å². The quantitative estimate of drug-likeness (QED) is 0.691. The summed E-state index contributed by atoms with van der Waals surface area (Å²) in [6.45, 7) is 5.07. The molecular weight excluding hydrogens is 258 g/mol. The lowest BCUT2D eigenvalue weighted by atomic mass is 10.2. The molecule has 7 heteroatoms. The molecule has 0 heterocycles. The second kappa shape index (κ2) is 6.72. The van der Waals surface area contributed by atoms with Crippen LogP contribution in [-0.4, -0.2) is 51.9 Å². The van der Waals surface area contributed by atoms with E-state index in [-0.39, 0.29) is 12.2 Å². The number of carbonyl (C=O) groups excluding carboxylic acids is 2. The fourth-order valence-electron chi connectivity index (χ4n) is 1.21. The van der Waals surface area contributed by atoms with Gasteiger partial charge in [0.25, 0.3) is 0 Å². The van der Waals surface area contributed by atoms with Crippen LogP contribution in [0.1, 0.15) is 27.2 Å². The van der Waals surface area contributed by atoms with E-state index in [1.165, 1.54) is 13.3 Å². The van der Waals surface area contributed by atoms with Crippen LogP contribution >= 0.6 is 0 Å². The minimum absolute atomic E-state index is 0.0706. The number of hydrogen-bond acceptors (Lipinski definition) is 5. The summed E-state index contributed by atoms with van der Waals surface area (Å²) in [5.74, 6) is -1.19. The van der Waals surface area contributed by atoms with E-state index in [0.29, 0.717) is 0 Å². The Kier molecular flexibility index (Phi) is 6.31. The van der Waals surface area contributed by atoms with Gasteiger partial charge in [0.1, 0.15) is 5.60 Å². The summed E-state index contributed by atoms with van der Waals surface area (Å²) >= 11 is 0. The third-order valence-electron chi connectivity index (χ3n) is 2.10. The molecule has 0 bridgehead atoms. The van der Waals surface area contributed by atoms with Crippen molar-refractivity contribution in [1.82, 2.24) is 4.90 Å². The van der Waals surface area contributed by atoms with Gasteiger partial charge in [0, 0.05) is 29.9 Å². The number of amides is 1. The van der Waals surface area contributed by atoms with Gasteiger partial charge in [0.2, 0.25) is 0 Å². The molecule has 106 valence electrons. The molecule has 0 aromatic rings. The van der Waals surface area contributed by atoms with E-state index in [4.69, 9.17) is 4.74 Å². The Morgan fingerprint density at radius 1 is 1.39 bits per heavy atom. The van der Waals surface area contributed by atoms with E-state index in [0.717, 1.165) is 4.90 Å². The number of carboxylic acids is 1. The average molecular weight is 278 g/mol. The maximum atomic E-state index is 11.7. The molecular formula is C11H20NO5S-. The van der Waals surface area contributed by atoms with Gasteiger partial charge < -0.3 is 19.5 Å². The third kappa shape index (κ3) is 6.58. The van der Waals surface area contributed by atoms with Crippen LogP contribution in [0.2, 0.25) is 0 Å².